The summed E-state index contributed by atoms with van der Waals surface area (Å²) < 4.78 is 0. The van der Waals surface area contributed by atoms with Crippen LogP contribution in [0.5, 0.6) is 0 Å². The first kappa shape index (κ1) is 13.2. The van der Waals surface area contributed by atoms with Gasteiger partial charge in [0, 0.05) is 38.9 Å². The Kier molecular flexibility index (Phi) is 4.89. The second-order valence-electron chi connectivity index (χ2n) is 4.46. The molecule has 2 heterocycles. The molecule has 0 aromatic carbocycles. The molecule has 1 aromatic heterocycles. The average molecular weight is 252 g/mol. The van der Waals surface area contributed by atoms with Crippen LogP contribution in [0.15, 0.2) is 24.4 Å². The van der Waals surface area contributed by atoms with Gasteiger partial charge in [0.05, 0.1) is 12.7 Å². The predicted octanol–water partition coefficient (Wildman–Crippen LogP) is -0.545. The van der Waals surface area contributed by atoms with Crippen LogP contribution in [0, 0.1) is 0 Å². The zero-order chi connectivity index (χ0) is 12.8. The van der Waals surface area contributed by atoms with Crippen molar-refractivity contribution < 1.29 is 9.94 Å². The molecule has 1 aliphatic heterocycles. The third kappa shape index (κ3) is 3.64. The van der Waals surface area contributed by atoms with E-state index in [1.165, 1.54) is 0 Å². The van der Waals surface area contributed by atoms with E-state index < -0.39 is 6.10 Å². The van der Waals surface area contributed by atoms with E-state index in [2.05, 4.69) is 19.6 Å². The van der Waals surface area contributed by atoms with Crippen molar-refractivity contribution in [1.29, 1.82) is 0 Å². The second-order valence-corrected chi connectivity index (χ2v) is 4.46. The van der Waals surface area contributed by atoms with E-state index in [-0.39, 0.29) is 6.61 Å². The van der Waals surface area contributed by atoms with Crippen molar-refractivity contribution in [2.45, 2.75) is 6.10 Å². The van der Waals surface area contributed by atoms with E-state index in [9.17, 15) is 5.11 Å². The molecule has 0 saturated carbocycles. The Hall–Kier alpha value is -1.21. The molecule has 6 nitrogen and oxygen atoms in total. The first-order valence-electron chi connectivity index (χ1n) is 6.17. The molecule has 1 saturated heterocycles. The van der Waals surface area contributed by atoms with Gasteiger partial charge >= 0.3 is 0 Å². The summed E-state index contributed by atoms with van der Waals surface area (Å²) in [6.45, 7) is 4.46. The number of nitrogens with two attached hydrogens (primary N) is 1. The summed E-state index contributed by atoms with van der Waals surface area (Å²) in [6, 6.07) is 5.94. The number of nitrogens with zero attached hydrogens (tertiary/aromatic N) is 3. The van der Waals surface area contributed by atoms with Gasteiger partial charge in [0.2, 0.25) is 0 Å². The van der Waals surface area contributed by atoms with E-state index in [1.54, 1.807) is 0 Å². The Morgan fingerprint density at radius 2 is 2.11 bits per heavy atom. The fourth-order valence-electron chi connectivity index (χ4n) is 2.16. The lowest BCUT2D eigenvalue weighted by Crippen LogP contribution is -2.49. The molecule has 3 N–H and O–H groups in total. The minimum Gasteiger partial charge on any atom is -0.389 e. The minimum absolute atomic E-state index is 0.181. The molecule has 1 fully saturated rings. The SMILES string of the molecule is NOCC(O)CN1CCN(c2ccccn2)CC1. The lowest BCUT2D eigenvalue weighted by molar-refractivity contribution is 0.0153. The number of β-amino-alcohol motifs (C(OH)–C–C–N with tert-alkyl or cyclic N) is 1. The number of aromatic nitrogens is 1. The Morgan fingerprint density at radius 3 is 2.72 bits per heavy atom. The Balaban J connectivity index is 1.78. The van der Waals surface area contributed by atoms with Crippen molar-refractivity contribution in [2.75, 3.05) is 44.2 Å². The van der Waals surface area contributed by atoms with Crippen LogP contribution in [0.4, 0.5) is 5.82 Å². The Morgan fingerprint density at radius 1 is 1.33 bits per heavy atom. The first-order valence-corrected chi connectivity index (χ1v) is 6.17. The average Bonchev–Trinajstić information content (AvgIpc) is 2.41. The van der Waals surface area contributed by atoms with Crippen molar-refractivity contribution >= 4 is 5.82 Å². The molecular weight excluding hydrogens is 232 g/mol. The maximum Gasteiger partial charge on any atom is 0.128 e. The largest absolute Gasteiger partial charge is 0.389 e. The van der Waals surface area contributed by atoms with Crippen LogP contribution in [0.2, 0.25) is 0 Å². The zero-order valence-electron chi connectivity index (χ0n) is 10.4. The van der Waals surface area contributed by atoms with Gasteiger partial charge in [-0.05, 0) is 12.1 Å². The smallest absolute Gasteiger partial charge is 0.128 e. The normalized spacial score (nSPS) is 18.9. The Labute approximate surface area is 107 Å². The highest BCUT2D eigenvalue weighted by Crippen LogP contribution is 2.12. The molecule has 1 aliphatic rings. The summed E-state index contributed by atoms with van der Waals surface area (Å²) in [7, 11) is 0. The molecule has 1 atom stereocenters. The molecule has 100 valence electrons. The van der Waals surface area contributed by atoms with Crippen LogP contribution in [0.25, 0.3) is 0 Å². The summed E-state index contributed by atoms with van der Waals surface area (Å²) in [5, 5.41) is 9.61. The number of rotatable bonds is 5. The number of piperazine rings is 1. The fraction of sp³-hybridized carbons (Fsp3) is 0.583. The lowest BCUT2D eigenvalue weighted by Gasteiger charge is -2.36. The van der Waals surface area contributed by atoms with Gasteiger partial charge in [-0.25, -0.2) is 10.9 Å². The molecule has 2 rings (SSSR count). The standard InChI is InChI=1S/C12H20N4O2/c13-18-10-11(17)9-15-5-7-16(8-6-15)12-3-1-2-4-14-12/h1-4,11,17H,5-10,13H2. The van der Waals surface area contributed by atoms with E-state index >= 15 is 0 Å². The molecule has 0 spiro atoms. The lowest BCUT2D eigenvalue weighted by atomic mass is 10.2. The highest BCUT2D eigenvalue weighted by molar-refractivity contribution is 5.38. The molecule has 0 radical (unpaired) electrons. The minimum atomic E-state index is -0.517. The number of pyridine rings is 1. The number of anilines is 1. The summed E-state index contributed by atoms with van der Waals surface area (Å²) in [5.41, 5.74) is 0. The Bertz CT molecular complexity index is 341. The van der Waals surface area contributed by atoms with E-state index in [1.807, 2.05) is 24.4 Å². The van der Waals surface area contributed by atoms with Gasteiger partial charge < -0.3 is 14.8 Å². The summed E-state index contributed by atoms with van der Waals surface area (Å²) >= 11 is 0. The van der Waals surface area contributed by atoms with Gasteiger partial charge in [-0.1, -0.05) is 6.07 Å². The molecule has 0 aliphatic carbocycles. The van der Waals surface area contributed by atoms with Gasteiger partial charge in [0.15, 0.2) is 0 Å². The molecule has 1 aromatic rings. The van der Waals surface area contributed by atoms with Gasteiger partial charge in [0.25, 0.3) is 0 Å². The van der Waals surface area contributed by atoms with Gasteiger partial charge in [-0.15, -0.1) is 0 Å². The summed E-state index contributed by atoms with van der Waals surface area (Å²) in [4.78, 5) is 13.2. The van der Waals surface area contributed by atoms with Crippen molar-refractivity contribution in [1.82, 2.24) is 9.88 Å². The van der Waals surface area contributed by atoms with Crippen LogP contribution in [0.1, 0.15) is 0 Å². The van der Waals surface area contributed by atoms with Crippen molar-refractivity contribution in [3.63, 3.8) is 0 Å². The van der Waals surface area contributed by atoms with Crippen LogP contribution >= 0.6 is 0 Å². The van der Waals surface area contributed by atoms with Crippen LogP contribution in [-0.4, -0.2) is 60.4 Å². The first-order chi connectivity index (χ1) is 8.79. The second kappa shape index (κ2) is 6.65. The molecule has 18 heavy (non-hydrogen) atoms. The molecule has 6 heteroatoms. The van der Waals surface area contributed by atoms with Crippen LogP contribution < -0.4 is 10.8 Å². The van der Waals surface area contributed by atoms with Crippen molar-refractivity contribution in [3.05, 3.63) is 24.4 Å². The summed E-state index contributed by atoms with van der Waals surface area (Å²) in [6.07, 6.45) is 1.29. The molecule has 1 unspecified atom stereocenters. The van der Waals surface area contributed by atoms with Crippen molar-refractivity contribution in [3.8, 4) is 0 Å². The van der Waals surface area contributed by atoms with E-state index in [0.29, 0.717) is 6.54 Å². The van der Waals surface area contributed by atoms with Gasteiger partial charge in [-0.3, -0.25) is 4.90 Å². The van der Waals surface area contributed by atoms with Crippen molar-refractivity contribution in [2.24, 2.45) is 5.90 Å². The number of hydrogen-bond donors (Lipinski definition) is 2. The predicted molar refractivity (Wildman–Crippen MR) is 69.0 cm³/mol. The number of aliphatic hydroxyl groups excluding tert-OH is 1. The molecular formula is C12H20N4O2. The maximum atomic E-state index is 9.61. The fourth-order valence-corrected chi connectivity index (χ4v) is 2.16. The highest BCUT2D eigenvalue weighted by atomic mass is 16.6. The monoisotopic (exact) mass is 252 g/mol. The zero-order valence-corrected chi connectivity index (χ0v) is 10.4. The van der Waals surface area contributed by atoms with Crippen LogP contribution in [-0.2, 0) is 4.84 Å². The third-order valence-electron chi connectivity index (χ3n) is 3.10. The molecule has 0 bridgehead atoms. The third-order valence-corrected chi connectivity index (χ3v) is 3.10. The highest BCUT2D eigenvalue weighted by Gasteiger charge is 2.19. The topological polar surface area (TPSA) is 74.9 Å². The van der Waals surface area contributed by atoms with E-state index in [4.69, 9.17) is 5.90 Å². The van der Waals surface area contributed by atoms with Crippen LogP contribution in [0.3, 0.4) is 0 Å². The summed E-state index contributed by atoms with van der Waals surface area (Å²) in [5.74, 6) is 5.95. The number of aliphatic hydroxyl groups is 1. The van der Waals surface area contributed by atoms with E-state index in [0.717, 1.165) is 32.0 Å². The quantitative estimate of drug-likeness (QED) is 0.685. The van der Waals surface area contributed by atoms with Gasteiger partial charge in [-0.2, -0.15) is 0 Å². The van der Waals surface area contributed by atoms with Gasteiger partial charge in [0.1, 0.15) is 5.82 Å². The maximum absolute atomic E-state index is 9.61. The number of hydrogen-bond acceptors (Lipinski definition) is 6. The molecule has 0 amide bonds.